The van der Waals surface area contributed by atoms with Crippen molar-refractivity contribution in [3.8, 4) is 0 Å². The summed E-state index contributed by atoms with van der Waals surface area (Å²) in [5.41, 5.74) is 9.92. The molecule has 1 heterocycles. The summed E-state index contributed by atoms with van der Waals surface area (Å²) in [6.45, 7) is 1.79. The molecule has 5 nitrogen and oxygen atoms in total. The molecule has 102 valence electrons. The number of benzene rings is 1. The van der Waals surface area contributed by atoms with Crippen molar-refractivity contribution in [2.24, 2.45) is 11.7 Å². The monoisotopic (exact) mass is 268 g/mol. The molecule has 0 radical (unpaired) electrons. The second-order valence-corrected chi connectivity index (χ2v) is 5.26. The smallest absolute Gasteiger partial charge is 0.192 e. The van der Waals surface area contributed by atoms with Gasteiger partial charge in [-0.05, 0) is 31.2 Å². The van der Waals surface area contributed by atoms with Gasteiger partial charge in [0.15, 0.2) is 5.78 Å². The van der Waals surface area contributed by atoms with E-state index in [-0.39, 0.29) is 11.7 Å². The first-order valence-corrected chi connectivity index (χ1v) is 6.48. The Morgan fingerprint density at radius 2 is 1.95 bits per heavy atom. The molecule has 1 unspecified atom stereocenters. The highest BCUT2D eigenvalue weighted by Gasteiger charge is 2.27. The summed E-state index contributed by atoms with van der Waals surface area (Å²) in [4.78, 5) is 23.2. The predicted molar refractivity (Wildman–Crippen MR) is 79.5 cm³/mol. The van der Waals surface area contributed by atoms with Crippen LogP contribution in [0.1, 0.15) is 23.1 Å². The minimum absolute atomic E-state index is 0.0638. The van der Waals surface area contributed by atoms with E-state index in [0.29, 0.717) is 17.1 Å². The maximum absolute atomic E-state index is 12.2. The van der Waals surface area contributed by atoms with Gasteiger partial charge in [-0.2, -0.15) is 0 Å². The third kappa shape index (κ3) is 1.82. The number of allylic oxidation sites excluding steroid dienone is 1. The van der Waals surface area contributed by atoms with Gasteiger partial charge in [0.05, 0.1) is 22.6 Å². The van der Waals surface area contributed by atoms with Crippen molar-refractivity contribution in [2.45, 2.75) is 6.92 Å². The van der Waals surface area contributed by atoms with Crippen molar-refractivity contribution in [1.82, 2.24) is 9.97 Å². The Hall–Kier alpha value is -2.43. The summed E-state index contributed by atoms with van der Waals surface area (Å²) >= 11 is 0. The molecule has 0 saturated heterocycles. The van der Waals surface area contributed by atoms with E-state index in [1.165, 1.54) is 0 Å². The quantitative estimate of drug-likeness (QED) is 0.854. The van der Waals surface area contributed by atoms with Gasteiger partial charge < -0.3 is 10.6 Å². The number of rotatable bonds is 1. The van der Waals surface area contributed by atoms with E-state index < -0.39 is 0 Å². The number of fused-ring (bicyclic) bond motifs is 2. The van der Waals surface area contributed by atoms with Crippen molar-refractivity contribution in [1.29, 1.82) is 0 Å². The van der Waals surface area contributed by atoms with Crippen LogP contribution in [0.2, 0.25) is 0 Å². The summed E-state index contributed by atoms with van der Waals surface area (Å²) in [5, 5.41) is 0. The second-order valence-electron chi connectivity index (χ2n) is 5.26. The molecule has 5 heteroatoms. The third-order valence-corrected chi connectivity index (χ3v) is 3.62. The van der Waals surface area contributed by atoms with E-state index in [9.17, 15) is 4.79 Å². The normalized spacial score (nSPS) is 17.9. The highest BCUT2D eigenvalue weighted by atomic mass is 16.1. The summed E-state index contributed by atoms with van der Waals surface area (Å²) in [7, 11) is 3.94. The van der Waals surface area contributed by atoms with Gasteiger partial charge in [0, 0.05) is 25.5 Å². The van der Waals surface area contributed by atoms with Crippen LogP contribution in [-0.4, -0.2) is 29.8 Å². The first-order chi connectivity index (χ1) is 9.47. The number of hydrogen-bond donors (Lipinski definition) is 1. The fourth-order valence-corrected chi connectivity index (χ4v) is 2.26. The Bertz CT molecular complexity index is 749. The zero-order valence-electron chi connectivity index (χ0n) is 11.7. The van der Waals surface area contributed by atoms with E-state index >= 15 is 0 Å². The Balaban J connectivity index is 2.24. The lowest BCUT2D eigenvalue weighted by Gasteiger charge is -2.18. The predicted octanol–water partition coefficient (Wildman–Crippen LogP) is 1.83. The Labute approximate surface area is 117 Å². The van der Waals surface area contributed by atoms with Gasteiger partial charge in [0.25, 0.3) is 0 Å². The lowest BCUT2D eigenvalue weighted by atomic mass is 9.93. The van der Waals surface area contributed by atoms with Crippen LogP contribution in [0.4, 0.5) is 5.69 Å². The molecular weight excluding hydrogens is 252 g/mol. The van der Waals surface area contributed by atoms with Crippen molar-refractivity contribution >= 4 is 28.6 Å². The molecule has 1 aliphatic carbocycles. The number of Topliss-reactive ketones (excluding diaryl/α,β-unsaturated/α-hetero) is 1. The van der Waals surface area contributed by atoms with E-state index in [2.05, 4.69) is 9.97 Å². The van der Waals surface area contributed by atoms with Crippen molar-refractivity contribution < 1.29 is 4.79 Å². The van der Waals surface area contributed by atoms with Crippen LogP contribution in [0, 0.1) is 5.92 Å². The van der Waals surface area contributed by atoms with E-state index in [1.807, 2.05) is 37.2 Å². The first-order valence-electron chi connectivity index (χ1n) is 6.48. The summed E-state index contributed by atoms with van der Waals surface area (Å²) < 4.78 is 0. The van der Waals surface area contributed by atoms with Crippen LogP contribution in [0.25, 0.3) is 17.1 Å². The van der Waals surface area contributed by atoms with Crippen molar-refractivity contribution in [3.63, 3.8) is 0 Å². The van der Waals surface area contributed by atoms with Crippen molar-refractivity contribution in [3.05, 3.63) is 35.3 Å². The van der Waals surface area contributed by atoms with Gasteiger partial charge in [-0.3, -0.25) is 4.79 Å². The van der Waals surface area contributed by atoms with Crippen LogP contribution in [-0.2, 0) is 0 Å². The summed E-state index contributed by atoms with van der Waals surface area (Å²) in [5.74, 6) is -0.388. The molecule has 0 amide bonds. The average Bonchev–Trinajstić information content (AvgIpc) is 2.42. The zero-order chi connectivity index (χ0) is 14.4. The molecule has 1 aromatic carbocycles. The molecule has 1 aromatic heterocycles. The molecule has 2 aromatic rings. The Morgan fingerprint density at radius 1 is 1.20 bits per heavy atom. The number of carbonyl (C=O) groups excluding carboxylic acids is 1. The van der Waals surface area contributed by atoms with Crippen LogP contribution in [0.5, 0.6) is 0 Å². The fraction of sp³-hybridized carbons (Fsp3) is 0.267. The molecule has 20 heavy (non-hydrogen) atoms. The zero-order valence-corrected chi connectivity index (χ0v) is 11.7. The second kappa shape index (κ2) is 4.30. The Kier molecular flexibility index (Phi) is 2.71. The number of aromatic nitrogens is 2. The lowest BCUT2D eigenvalue weighted by Crippen LogP contribution is -2.25. The van der Waals surface area contributed by atoms with Gasteiger partial charge in [0.2, 0.25) is 0 Å². The van der Waals surface area contributed by atoms with E-state index in [4.69, 9.17) is 5.73 Å². The minimum atomic E-state index is -0.324. The fourth-order valence-electron chi connectivity index (χ4n) is 2.26. The van der Waals surface area contributed by atoms with Crippen LogP contribution in [0.3, 0.4) is 0 Å². The number of hydrogen-bond acceptors (Lipinski definition) is 5. The molecule has 3 rings (SSSR count). The van der Waals surface area contributed by atoms with Crippen LogP contribution >= 0.6 is 0 Å². The molecule has 0 bridgehead atoms. The maximum atomic E-state index is 12.2. The highest BCUT2D eigenvalue weighted by Crippen LogP contribution is 2.26. The van der Waals surface area contributed by atoms with Gasteiger partial charge in [-0.15, -0.1) is 0 Å². The molecular formula is C15H16N4O. The molecule has 0 spiro atoms. The highest BCUT2D eigenvalue weighted by molar-refractivity contribution is 6.04. The largest absolute Gasteiger partial charge is 0.401 e. The van der Waals surface area contributed by atoms with Crippen LogP contribution in [0.15, 0.2) is 23.9 Å². The number of anilines is 1. The Morgan fingerprint density at radius 3 is 2.65 bits per heavy atom. The third-order valence-electron chi connectivity index (χ3n) is 3.62. The molecule has 0 fully saturated rings. The van der Waals surface area contributed by atoms with Gasteiger partial charge >= 0.3 is 0 Å². The van der Waals surface area contributed by atoms with E-state index in [1.54, 1.807) is 13.0 Å². The minimum Gasteiger partial charge on any atom is -0.401 e. The topological polar surface area (TPSA) is 72.1 Å². The molecule has 1 aliphatic rings. The SMILES string of the molecule is CC1C(=O)c2nc3ccc(N(C)C)cc3nc2C=C1N. The standard InChI is InChI=1S/C15H16N4O/c1-8-10(16)7-13-14(15(8)20)18-11-5-4-9(19(2)3)6-12(11)17-13/h4-8H,16H2,1-3H3. The lowest BCUT2D eigenvalue weighted by molar-refractivity contribution is 0.0940. The average molecular weight is 268 g/mol. The molecule has 1 atom stereocenters. The maximum Gasteiger partial charge on any atom is 0.192 e. The number of carbonyl (C=O) groups is 1. The summed E-state index contributed by atoms with van der Waals surface area (Å²) in [6, 6.07) is 5.80. The van der Waals surface area contributed by atoms with Crippen molar-refractivity contribution in [2.75, 3.05) is 19.0 Å². The number of ketones is 1. The first kappa shape index (κ1) is 12.6. The molecule has 0 aliphatic heterocycles. The van der Waals surface area contributed by atoms with Gasteiger partial charge in [0.1, 0.15) is 5.69 Å². The molecule has 2 N–H and O–H groups in total. The van der Waals surface area contributed by atoms with Gasteiger partial charge in [-0.1, -0.05) is 0 Å². The number of nitrogens with zero attached hydrogens (tertiary/aromatic N) is 3. The summed E-state index contributed by atoms with van der Waals surface area (Å²) in [6.07, 6.45) is 1.75. The van der Waals surface area contributed by atoms with Crippen LogP contribution < -0.4 is 10.6 Å². The van der Waals surface area contributed by atoms with Gasteiger partial charge in [-0.25, -0.2) is 9.97 Å². The molecule has 0 saturated carbocycles. The van der Waals surface area contributed by atoms with E-state index in [0.717, 1.165) is 16.7 Å². The number of nitrogens with two attached hydrogens (primary N) is 1.